The predicted octanol–water partition coefficient (Wildman–Crippen LogP) is 12.4. The smallest absolute Gasteiger partial charge is 0.0561 e. The third kappa shape index (κ3) is 4.49. The Kier molecular flexibility index (Phi) is 6.50. The normalized spacial score (nSPS) is 11.4. The molecule has 0 unspecified atom stereocenters. The van der Waals surface area contributed by atoms with Crippen LogP contribution in [0.25, 0.3) is 32.3 Å². The highest BCUT2D eigenvalue weighted by atomic mass is 15.2. The first-order chi connectivity index (χ1) is 22.1. The van der Waals surface area contributed by atoms with E-state index in [9.17, 15) is 0 Å². The molecule has 0 N–H and O–H groups in total. The van der Waals surface area contributed by atoms with Gasteiger partial charge in [-0.05, 0) is 96.1 Å². The molecule has 0 aromatic heterocycles. The van der Waals surface area contributed by atoms with Crippen molar-refractivity contribution in [3.8, 4) is 0 Å². The Morgan fingerprint density at radius 2 is 0.778 bits per heavy atom. The van der Waals surface area contributed by atoms with Crippen molar-refractivity contribution in [2.75, 3.05) is 9.80 Å². The average molecular weight is 579 g/mol. The molecule has 8 aromatic carbocycles. The second-order valence-corrected chi connectivity index (χ2v) is 12.0. The summed E-state index contributed by atoms with van der Waals surface area (Å²) < 4.78 is 0. The third-order valence-corrected chi connectivity index (χ3v) is 9.04. The van der Waals surface area contributed by atoms with Crippen LogP contribution in [0, 0.1) is 20.8 Å². The van der Waals surface area contributed by atoms with Gasteiger partial charge in [-0.1, -0.05) is 109 Å². The molecule has 8 aromatic rings. The van der Waals surface area contributed by atoms with E-state index in [2.05, 4.69) is 182 Å². The molecule has 0 aliphatic heterocycles. The minimum absolute atomic E-state index is 1.13. The van der Waals surface area contributed by atoms with E-state index in [0.717, 1.165) is 22.7 Å². The summed E-state index contributed by atoms with van der Waals surface area (Å²) in [5, 5.41) is 7.63. The summed E-state index contributed by atoms with van der Waals surface area (Å²) in [6.45, 7) is 6.60. The van der Waals surface area contributed by atoms with Crippen LogP contribution < -0.4 is 9.80 Å². The molecule has 216 valence electrons. The van der Waals surface area contributed by atoms with Gasteiger partial charge in [0, 0.05) is 38.9 Å². The molecule has 0 atom stereocenters. The first kappa shape index (κ1) is 27.0. The molecular formula is C43H34N2. The van der Waals surface area contributed by atoms with Crippen LogP contribution in [0.1, 0.15) is 16.7 Å². The maximum absolute atomic E-state index is 2.44. The van der Waals surface area contributed by atoms with Crippen molar-refractivity contribution < 1.29 is 0 Å². The van der Waals surface area contributed by atoms with E-state index in [1.807, 2.05) is 0 Å². The van der Waals surface area contributed by atoms with Crippen LogP contribution in [-0.2, 0) is 0 Å². The number of aryl methyl sites for hydroxylation is 3. The van der Waals surface area contributed by atoms with Crippen molar-refractivity contribution in [3.63, 3.8) is 0 Å². The Bertz CT molecular complexity index is 2150. The fraction of sp³-hybridized carbons (Fsp3) is 0.0698. The minimum atomic E-state index is 1.13. The Balaban J connectivity index is 1.56. The number of hydrogen-bond acceptors (Lipinski definition) is 2. The number of benzene rings is 8. The van der Waals surface area contributed by atoms with Crippen LogP contribution in [-0.4, -0.2) is 0 Å². The second kappa shape index (κ2) is 10.8. The van der Waals surface area contributed by atoms with Gasteiger partial charge in [0.15, 0.2) is 0 Å². The lowest BCUT2D eigenvalue weighted by Crippen LogP contribution is -2.15. The van der Waals surface area contributed by atoms with E-state index in [4.69, 9.17) is 0 Å². The molecule has 0 aliphatic carbocycles. The molecule has 0 aliphatic rings. The van der Waals surface area contributed by atoms with Crippen LogP contribution in [0.5, 0.6) is 0 Å². The molecule has 0 radical (unpaired) electrons. The van der Waals surface area contributed by atoms with Crippen LogP contribution in [0.15, 0.2) is 152 Å². The lowest BCUT2D eigenvalue weighted by molar-refractivity contribution is 1.24. The quantitative estimate of drug-likeness (QED) is 0.181. The number of anilines is 6. The number of hydrogen-bond donors (Lipinski definition) is 0. The lowest BCUT2D eigenvalue weighted by Gasteiger charge is -2.33. The molecule has 0 bridgehead atoms. The highest BCUT2D eigenvalue weighted by molar-refractivity contribution is 6.29. The minimum Gasteiger partial charge on any atom is -0.310 e. The van der Waals surface area contributed by atoms with Crippen LogP contribution >= 0.6 is 0 Å². The zero-order valence-corrected chi connectivity index (χ0v) is 25.8. The Morgan fingerprint density at radius 1 is 0.356 bits per heavy atom. The maximum atomic E-state index is 2.44. The molecular weight excluding hydrogens is 544 g/mol. The number of nitrogens with zero attached hydrogens (tertiary/aromatic N) is 2. The third-order valence-electron chi connectivity index (χ3n) is 9.04. The summed E-state index contributed by atoms with van der Waals surface area (Å²) in [5.41, 5.74) is 10.6. The molecule has 2 nitrogen and oxygen atoms in total. The SMILES string of the molecule is Cc1cc2ccc3c(N(c4ccccc4)c4ccccc4C)cc(N(c4ccccc4)c4ccccc4C)c4ccc(c1)c2c34. The van der Waals surface area contributed by atoms with Gasteiger partial charge in [0.05, 0.1) is 11.4 Å². The topological polar surface area (TPSA) is 6.48 Å². The summed E-state index contributed by atoms with van der Waals surface area (Å²) in [5.74, 6) is 0. The van der Waals surface area contributed by atoms with Crippen LogP contribution in [0.3, 0.4) is 0 Å². The second-order valence-electron chi connectivity index (χ2n) is 12.0. The molecule has 0 saturated heterocycles. The van der Waals surface area contributed by atoms with Gasteiger partial charge < -0.3 is 9.80 Å². The maximum Gasteiger partial charge on any atom is 0.0561 e. The summed E-state index contributed by atoms with van der Waals surface area (Å²) in [6, 6.07) is 55.3. The average Bonchev–Trinajstić information content (AvgIpc) is 3.07. The van der Waals surface area contributed by atoms with E-state index in [0.29, 0.717) is 0 Å². The van der Waals surface area contributed by atoms with Gasteiger partial charge in [-0.2, -0.15) is 0 Å². The van der Waals surface area contributed by atoms with Crippen molar-refractivity contribution >= 4 is 66.4 Å². The van der Waals surface area contributed by atoms with Gasteiger partial charge in [-0.25, -0.2) is 0 Å². The van der Waals surface area contributed by atoms with E-state index in [1.54, 1.807) is 0 Å². The molecule has 0 fully saturated rings. The summed E-state index contributed by atoms with van der Waals surface area (Å²) in [6.07, 6.45) is 0. The van der Waals surface area contributed by atoms with Crippen molar-refractivity contribution in [2.24, 2.45) is 0 Å². The highest BCUT2D eigenvalue weighted by Crippen LogP contribution is 2.50. The fourth-order valence-corrected chi connectivity index (χ4v) is 7.00. The number of para-hydroxylation sites is 4. The molecule has 0 saturated carbocycles. The van der Waals surface area contributed by atoms with E-state index in [1.165, 1.54) is 60.4 Å². The molecule has 8 rings (SSSR count). The summed E-state index contributed by atoms with van der Waals surface area (Å²) >= 11 is 0. The zero-order valence-electron chi connectivity index (χ0n) is 25.8. The van der Waals surface area contributed by atoms with Crippen molar-refractivity contribution in [3.05, 3.63) is 168 Å². The van der Waals surface area contributed by atoms with Crippen molar-refractivity contribution in [2.45, 2.75) is 20.8 Å². The van der Waals surface area contributed by atoms with Crippen molar-refractivity contribution in [1.82, 2.24) is 0 Å². The number of rotatable bonds is 6. The van der Waals surface area contributed by atoms with E-state index >= 15 is 0 Å². The molecule has 0 spiro atoms. The summed E-state index contributed by atoms with van der Waals surface area (Å²) in [4.78, 5) is 4.88. The monoisotopic (exact) mass is 578 g/mol. The van der Waals surface area contributed by atoms with Gasteiger partial charge in [0.25, 0.3) is 0 Å². The van der Waals surface area contributed by atoms with Crippen LogP contribution in [0.4, 0.5) is 34.1 Å². The molecule has 0 heterocycles. The van der Waals surface area contributed by atoms with Gasteiger partial charge >= 0.3 is 0 Å². The highest BCUT2D eigenvalue weighted by Gasteiger charge is 2.25. The Hall–Kier alpha value is -5.60. The van der Waals surface area contributed by atoms with E-state index in [-0.39, 0.29) is 0 Å². The van der Waals surface area contributed by atoms with Crippen molar-refractivity contribution in [1.29, 1.82) is 0 Å². The largest absolute Gasteiger partial charge is 0.310 e. The predicted molar refractivity (Wildman–Crippen MR) is 194 cm³/mol. The van der Waals surface area contributed by atoms with E-state index < -0.39 is 0 Å². The summed E-state index contributed by atoms with van der Waals surface area (Å²) in [7, 11) is 0. The van der Waals surface area contributed by atoms with Gasteiger partial charge in [-0.3, -0.25) is 0 Å². The molecule has 2 heteroatoms. The standard InChI is InChI=1S/C43H34N2/c1-29-26-32-22-24-36-40(44(34-16-6-4-7-17-34)38-20-12-10-14-30(38)2)28-41(37-25-23-33(27-29)42(32)43(36)37)45(35-18-8-5-9-19-35)39-21-13-11-15-31(39)3/h4-28H,1-3H3. The molecule has 45 heavy (non-hydrogen) atoms. The van der Waals surface area contributed by atoms with Crippen LogP contribution in [0.2, 0.25) is 0 Å². The van der Waals surface area contributed by atoms with Gasteiger partial charge in [0.2, 0.25) is 0 Å². The Morgan fingerprint density at radius 3 is 1.22 bits per heavy atom. The zero-order chi connectivity index (χ0) is 30.5. The molecule has 0 amide bonds. The van der Waals surface area contributed by atoms with Gasteiger partial charge in [0.1, 0.15) is 0 Å². The fourth-order valence-electron chi connectivity index (χ4n) is 7.00. The first-order valence-electron chi connectivity index (χ1n) is 15.6. The lowest BCUT2D eigenvalue weighted by atomic mass is 9.90. The van der Waals surface area contributed by atoms with Gasteiger partial charge in [-0.15, -0.1) is 0 Å². The first-order valence-corrected chi connectivity index (χ1v) is 15.6. The Labute approximate surface area is 264 Å².